The zero-order chi connectivity index (χ0) is 17.5. The van der Waals surface area contributed by atoms with E-state index in [0.717, 1.165) is 32.4 Å². The molecule has 4 nitrogen and oxygen atoms in total. The number of carbonyl (C=O) groups is 1. The molecule has 0 aromatic heterocycles. The van der Waals surface area contributed by atoms with E-state index in [4.69, 9.17) is 9.31 Å². The van der Waals surface area contributed by atoms with Crippen molar-refractivity contribution in [2.75, 3.05) is 13.1 Å². The van der Waals surface area contributed by atoms with E-state index in [1.807, 2.05) is 0 Å². The van der Waals surface area contributed by atoms with Gasteiger partial charge in [-0.05, 0) is 64.8 Å². The molecule has 2 heterocycles. The third kappa shape index (κ3) is 3.30. The molecule has 2 saturated heterocycles. The van der Waals surface area contributed by atoms with Gasteiger partial charge in [-0.2, -0.15) is 0 Å². The van der Waals surface area contributed by atoms with Crippen LogP contribution < -0.4 is 0 Å². The predicted molar refractivity (Wildman–Crippen MR) is 96.5 cm³/mol. The first kappa shape index (κ1) is 18.0. The van der Waals surface area contributed by atoms with Gasteiger partial charge >= 0.3 is 7.12 Å². The summed E-state index contributed by atoms with van der Waals surface area (Å²) in [6.45, 7) is 12.5. The van der Waals surface area contributed by atoms with E-state index in [-0.39, 0.29) is 24.2 Å². The van der Waals surface area contributed by atoms with Gasteiger partial charge in [0.1, 0.15) is 0 Å². The molecule has 0 aromatic rings. The minimum Gasteiger partial charge on any atom is -0.400 e. The van der Waals surface area contributed by atoms with Crippen molar-refractivity contribution in [1.82, 2.24) is 4.90 Å². The molecule has 5 heteroatoms. The molecule has 3 aliphatic rings. The maximum atomic E-state index is 12.7. The van der Waals surface area contributed by atoms with E-state index in [2.05, 4.69) is 45.6 Å². The molecule has 2 aliphatic heterocycles. The molecule has 24 heavy (non-hydrogen) atoms. The van der Waals surface area contributed by atoms with Gasteiger partial charge in [0.15, 0.2) is 0 Å². The summed E-state index contributed by atoms with van der Waals surface area (Å²) in [4.78, 5) is 14.8. The molecule has 0 N–H and O–H groups in total. The number of hydrogen-bond donors (Lipinski definition) is 0. The van der Waals surface area contributed by atoms with E-state index in [9.17, 15) is 4.79 Å². The third-order valence-corrected chi connectivity index (χ3v) is 6.53. The smallest absolute Gasteiger partial charge is 0.400 e. The van der Waals surface area contributed by atoms with Crippen LogP contribution in [0, 0.1) is 11.8 Å². The van der Waals surface area contributed by atoms with E-state index < -0.39 is 0 Å². The Bertz CT molecular complexity index is 513. The SMILES string of the molecule is CCC1CCN(C(=O)[C@H]2CC=C(B3OC(C)(C)C(C)(C)O3)CC2)C1. The third-order valence-electron chi connectivity index (χ3n) is 6.53. The van der Waals surface area contributed by atoms with Crippen LogP contribution in [0.4, 0.5) is 0 Å². The fourth-order valence-electron chi connectivity index (χ4n) is 3.91. The molecule has 2 atom stereocenters. The number of amides is 1. The number of likely N-dealkylation sites (tertiary alicyclic amines) is 1. The van der Waals surface area contributed by atoms with Gasteiger partial charge in [-0.1, -0.05) is 19.4 Å². The number of carbonyl (C=O) groups excluding carboxylic acids is 1. The maximum Gasteiger partial charge on any atom is 0.490 e. The zero-order valence-corrected chi connectivity index (χ0v) is 15.9. The highest BCUT2D eigenvalue weighted by molar-refractivity contribution is 6.54. The molecule has 1 unspecified atom stereocenters. The van der Waals surface area contributed by atoms with Crippen LogP contribution in [0.25, 0.3) is 0 Å². The Kier molecular flexibility index (Phi) is 4.87. The minimum atomic E-state index is -0.296. The molecule has 134 valence electrons. The highest BCUT2D eigenvalue weighted by atomic mass is 16.7. The van der Waals surface area contributed by atoms with Crippen molar-refractivity contribution in [3.05, 3.63) is 11.5 Å². The lowest BCUT2D eigenvalue weighted by molar-refractivity contribution is -0.134. The number of allylic oxidation sites excluding steroid dienone is 2. The molecule has 1 aliphatic carbocycles. The molecule has 1 amide bonds. The number of rotatable bonds is 3. The van der Waals surface area contributed by atoms with Gasteiger partial charge < -0.3 is 14.2 Å². The van der Waals surface area contributed by atoms with E-state index in [0.29, 0.717) is 11.8 Å². The normalized spacial score (nSPS) is 32.1. The second-order valence-electron chi connectivity index (χ2n) is 8.69. The Morgan fingerprint density at radius 2 is 1.92 bits per heavy atom. The number of hydrogen-bond acceptors (Lipinski definition) is 3. The van der Waals surface area contributed by atoms with Crippen LogP contribution in [0.5, 0.6) is 0 Å². The van der Waals surface area contributed by atoms with Gasteiger partial charge in [-0.25, -0.2) is 0 Å². The monoisotopic (exact) mass is 333 g/mol. The Morgan fingerprint density at radius 3 is 2.42 bits per heavy atom. The van der Waals surface area contributed by atoms with Gasteiger partial charge in [0.2, 0.25) is 5.91 Å². The van der Waals surface area contributed by atoms with Crippen molar-refractivity contribution in [1.29, 1.82) is 0 Å². The van der Waals surface area contributed by atoms with Gasteiger partial charge in [-0.15, -0.1) is 0 Å². The molecule has 0 radical (unpaired) electrons. The van der Waals surface area contributed by atoms with Crippen molar-refractivity contribution < 1.29 is 14.1 Å². The first-order valence-corrected chi connectivity index (χ1v) is 9.57. The molecular formula is C19H32BNO3. The summed E-state index contributed by atoms with van der Waals surface area (Å²) in [5.41, 5.74) is 0.622. The lowest BCUT2D eigenvalue weighted by Gasteiger charge is -2.32. The Balaban J connectivity index is 1.58. The predicted octanol–water partition coefficient (Wildman–Crippen LogP) is 3.60. The van der Waals surface area contributed by atoms with E-state index in [1.54, 1.807) is 0 Å². The lowest BCUT2D eigenvalue weighted by Crippen LogP contribution is -2.41. The Hall–Kier alpha value is -0.805. The first-order chi connectivity index (χ1) is 11.2. The van der Waals surface area contributed by atoms with Crippen molar-refractivity contribution in [2.45, 2.75) is 77.9 Å². The van der Waals surface area contributed by atoms with Crippen LogP contribution in [0.15, 0.2) is 11.5 Å². The molecule has 0 bridgehead atoms. The molecule has 3 rings (SSSR count). The van der Waals surface area contributed by atoms with Crippen LogP contribution >= 0.6 is 0 Å². The molecule has 0 aromatic carbocycles. The van der Waals surface area contributed by atoms with Crippen molar-refractivity contribution in [3.63, 3.8) is 0 Å². The van der Waals surface area contributed by atoms with Crippen molar-refractivity contribution >= 4 is 13.0 Å². The average molecular weight is 333 g/mol. The molecule has 2 fully saturated rings. The fourth-order valence-corrected chi connectivity index (χ4v) is 3.91. The standard InChI is InChI=1S/C19H32BNO3/c1-6-14-11-12-21(13-14)17(22)15-7-9-16(10-8-15)20-23-18(2,3)19(4,5)24-20/h9,14-15H,6-8,10-13H2,1-5H3/t14?,15-/m0/s1. The Labute approximate surface area is 147 Å². The fraction of sp³-hybridized carbons (Fsp3) is 0.842. The quantitative estimate of drug-likeness (QED) is 0.741. The van der Waals surface area contributed by atoms with Gasteiger partial charge in [0, 0.05) is 19.0 Å². The summed E-state index contributed by atoms with van der Waals surface area (Å²) in [5, 5.41) is 0. The minimum absolute atomic E-state index is 0.145. The summed E-state index contributed by atoms with van der Waals surface area (Å²) in [6, 6.07) is 0. The lowest BCUT2D eigenvalue weighted by atomic mass is 9.70. The topological polar surface area (TPSA) is 38.8 Å². The van der Waals surface area contributed by atoms with Gasteiger partial charge in [-0.3, -0.25) is 4.79 Å². The highest BCUT2D eigenvalue weighted by Gasteiger charge is 2.52. The van der Waals surface area contributed by atoms with Crippen molar-refractivity contribution in [3.8, 4) is 0 Å². The van der Waals surface area contributed by atoms with Crippen LogP contribution in [0.3, 0.4) is 0 Å². The summed E-state index contributed by atoms with van der Waals surface area (Å²) in [5.74, 6) is 1.20. The molecule has 0 saturated carbocycles. The summed E-state index contributed by atoms with van der Waals surface area (Å²) in [7, 11) is -0.248. The average Bonchev–Trinajstić information content (AvgIpc) is 3.09. The van der Waals surface area contributed by atoms with Crippen molar-refractivity contribution in [2.24, 2.45) is 11.8 Å². The van der Waals surface area contributed by atoms with Gasteiger partial charge in [0.05, 0.1) is 11.2 Å². The van der Waals surface area contributed by atoms with Gasteiger partial charge in [0.25, 0.3) is 0 Å². The van der Waals surface area contributed by atoms with Crippen LogP contribution in [0.1, 0.15) is 66.7 Å². The number of nitrogens with zero attached hydrogens (tertiary/aromatic N) is 1. The summed E-state index contributed by atoms with van der Waals surface area (Å²) in [6.07, 6.45) is 7.19. The van der Waals surface area contributed by atoms with Crippen LogP contribution in [-0.4, -0.2) is 42.2 Å². The van der Waals surface area contributed by atoms with E-state index in [1.165, 1.54) is 18.3 Å². The second kappa shape index (κ2) is 6.49. The zero-order valence-electron chi connectivity index (χ0n) is 15.9. The molecular weight excluding hydrogens is 301 g/mol. The first-order valence-electron chi connectivity index (χ1n) is 9.57. The van der Waals surface area contributed by atoms with E-state index >= 15 is 0 Å². The summed E-state index contributed by atoms with van der Waals surface area (Å²) < 4.78 is 12.3. The Morgan fingerprint density at radius 1 is 1.25 bits per heavy atom. The highest BCUT2D eigenvalue weighted by Crippen LogP contribution is 2.40. The van der Waals surface area contributed by atoms with Crippen LogP contribution in [-0.2, 0) is 14.1 Å². The molecule has 0 spiro atoms. The largest absolute Gasteiger partial charge is 0.490 e. The summed E-state index contributed by atoms with van der Waals surface area (Å²) >= 11 is 0. The van der Waals surface area contributed by atoms with Crippen LogP contribution in [0.2, 0.25) is 0 Å². The second-order valence-corrected chi connectivity index (χ2v) is 8.69. The maximum absolute atomic E-state index is 12.7.